The maximum Gasteiger partial charge on any atom is 0.253 e. The molecule has 0 spiro atoms. The third-order valence-corrected chi connectivity index (χ3v) is 7.37. The van der Waals surface area contributed by atoms with Crippen LogP contribution >= 0.6 is 0 Å². The first kappa shape index (κ1) is 26.6. The number of methoxy groups -OCH3 is 1. The van der Waals surface area contributed by atoms with Crippen molar-refractivity contribution >= 4 is 25.8 Å². The lowest BCUT2D eigenvalue weighted by atomic mass is 10.2. The van der Waals surface area contributed by atoms with Crippen molar-refractivity contribution in [2.45, 2.75) is 36.1 Å². The molecule has 2 aromatic rings. The van der Waals surface area contributed by atoms with E-state index < -0.39 is 19.9 Å². The molecule has 1 amide bonds. The Morgan fingerprint density at radius 2 is 1.79 bits per heavy atom. The molecule has 182 valence electrons. The standard InChI is InChI=1S/C22H30N2O7S2/c1-16(2)23-33(28,29)21-14-17(10-11-20(21)30-4)22(25)24(3)12-7-13-31-18-8-6-9-19(15-18)32(5,26)27/h6,8-11,14-16,23H,7,12-13H2,1-5H3. The van der Waals surface area contributed by atoms with Crippen LogP contribution < -0.4 is 14.2 Å². The number of amides is 1. The van der Waals surface area contributed by atoms with Crippen molar-refractivity contribution < 1.29 is 31.1 Å². The molecular weight excluding hydrogens is 468 g/mol. The molecule has 0 fully saturated rings. The van der Waals surface area contributed by atoms with Crippen LogP contribution in [-0.2, 0) is 19.9 Å². The van der Waals surface area contributed by atoms with Gasteiger partial charge in [-0.1, -0.05) is 6.07 Å². The van der Waals surface area contributed by atoms with Gasteiger partial charge >= 0.3 is 0 Å². The van der Waals surface area contributed by atoms with E-state index in [1.165, 1.54) is 42.3 Å². The summed E-state index contributed by atoms with van der Waals surface area (Å²) in [4.78, 5) is 14.4. The van der Waals surface area contributed by atoms with Crippen molar-refractivity contribution in [3.05, 3.63) is 48.0 Å². The average molecular weight is 499 g/mol. The highest BCUT2D eigenvalue weighted by Gasteiger charge is 2.23. The summed E-state index contributed by atoms with van der Waals surface area (Å²) in [6.45, 7) is 4.02. The van der Waals surface area contributed by atoms with E-state index in [4.69, 9.17) is 9.47 Å². The molecule has 0 saturated heterocycles. The number of hydrogen-bond donors (Lipinski definition) is 1. The fourth-order valence-corrected chi connectivity index (χ4v) is 5.10. The Balaban J connectivity index is 2.03. The molecule has 11 heteroatoms. The van der Waals surface area contributed by atoms with Crippen molar-refractivity contribution in [2.24, 2.45) is 0 Å². The smallest absolute Gasteiger partial charge is 0.253 e. The predicted molar refractivity (Wildman–Crippen MR) is 125 cm³/mol. The van der Waals surface area contributed by atoms with E-state index in [2.05, 4.69) is 4.72 Å². The topological polar surface area (TPSA) is 119 Å². The average Bonchev–Trinajstić information content (AvgIpc) is 2.74. The molecule has 0 unspecified atom stereocenters. The summed E-state index contributed by atoms with van der Waals surface area (Å²) in [5.74, 6) is 0.222. The minimum atomic E-state index is -3.86. The van der Waals surface area contributed by atoms with Gasteiger partial charge in [-0.3, -0.25) is 4.79 Å². The van der Waals surface area contributed by atoms with Crippen LogP contribution in [0.25, 0.3) is 0 Å². The lowest BCUT2D eigenvalue weighted by Gasteiger charge is -2.19. The maximum absolute atomic E-state index is 12.8. The summed E-state index contributed by atoms with van der Waals surface area (Å²) in [6.07, 6.45) is 1.61. The second kappa shape index (κ2) is 11.0. The lowest BCUT2D eigenvalue weighted by Crippen LogP contribution is -2.31. The Bertz CT molecular complexity index is 1190. The van der Waals surface area contributed by atoms with Crippen molar-refractivity contribution in [2.75, 3.05) is 33.6 Å². The lowest BCUT2D eigenvalue weighted by molar-refractivity contribution is 0.0787. The monoisotopic (exact) mass is 498 g/mol. The normalized spacial score (nSPS) is 11.9. The van der Waals surface area contributed by atoms with E-state index in [-0.39, 0.29) is 39.7 Å². The van der Waals surface area contributed by atoms with Gasteiger partial charge in [0.25, 0.3) is 5.91 Å². The minimum absolute atomic E-state index is 0.105. The molecule has 1 N–H and O–H groups in total. The molecule has 0 heterocycles. The maximum atomic E-state index is 12.8. The largest absolute Gasteiger partial charge is 0.495 e. The Morgan fingerprint density at radius 1 is 1.09 bits per heavy atom. The molecule has 9 nitrogen and oxygen atoms in total. The van der Waals surface area contributed by atoms with Gasteiger partial charge in [0.15, 0.2) is 9.84 Å². The molecule has 0 saturated carbocycles. The van der Waals surface area contributed by atoms with E-state index >= 15 is 0 Å². The fourth-order valence-electron chi connectivity index (χ4n) is 3.00. The van der Waals surface area contributed by atoms with Crippen molar-refractivity contribution in [3.63, 3.8) is 0 Å². The summed E-state index contributed by atoms with van der Waals surface area (Å²) >= 11 is 0. The quantitative estimate of drug-likeness (QED) is 0.472. The van der Waals surface area contributed by atoms with Crippen LogP contribution in [0.2, 0.25) is 0 Å². The van der Waals surface area contributed by atoms with Crippen LogP contribution in [-0.4, -0.2) is 67.2 Å². The van der Waals surface area contributed by atoms with Gasteiger partial charge in [-0.15, -0.1) is 0 Å². The van der Waals surface area contributed by atoms with Crippen LogP contribution in [0.1, 0.15) is 30.6 Å². The molecule has 0 bridgehead atoms. The van der Waals surface area contributed by atoms with Gasteiger partial charge in [0.2, 0.25) is 10.0 Å². The highest BCUT2D eigenvalue weighted by atomic mass is 32.2. The van der Waals surface area contributed by atoms with Gasteiger partial charge in [-0.05, 0) is 56.7 Å². The van der Waals surface area contributed by atoms with Gasteiger partial charge in [0, 0.05) is 31.5 Å². The molecule has 0 aliphatic heterocycles. The summed E-state index contributed by atoms with van der Waals surface area (Å²) in [6, 6.07) is 10.2. The number of carbonyl (C=O) groups excluding carboxylic acids is 1. The van der Waals surface area contributed by atoms with Gasteiger partial charge in [0.05, 0.1) is 18.6 Å². The first-order valence-corrected chi connectivity index (χ1v) is 13.6. The predicted octanol–water partition coefficient (Wildman–Crippen LogP) is 2.33. The molecule has 2 aromatic carbocycles. The fraction of sp³-hybridized carbons (Fsp3) is 0.409. The number of sulfonamides is 1. The molecule has 0 aliphatic carbocycles. The van der Waals surface area contributed by atoms with E-state index in [9.17, 15) is 21.6 Å². The first-order valence-electron chi connectivity index (χ1n) is 10.2. The molecular formula is C22H30N2O7S2. The van der Waals surface area contributed by atoms with Crippen LogP contribution in [0.5, 0.6) is 11.5 Å². The second-order valence-electron chi connectivity index (χ2n) is 7.82. The summed E-state index contributed by atoms with van der Waals surface area (Å²) in [5.41, 5.74) is 0.212. The van der Waals surface area contributed by atoms with Crippen LogP contribution in [0.3, 0.4) is 0 Å². The second-order valence-corrected chi connectivity index (χ2v) is 11.5. The van der Waals surface area contributed by atoms with E-state index in [0.717, 1.165) is 6.26 Å². The number of carbonyl (C=O) groups is 1. The molecule has 33 heavy (non-hydrogen) atoms. The zero-order valence-corrected chi connectivity index (χ0v) is 21.0. The SMILES string of the molecule is COc1ccc(C(=O)N(C)CCCOc2cccc(S(C)(=O)=O)c2)cc1S(=O)(=O)NC(C)C. The van der Waals surface area contributed by atoms with E-state index in [0.29, 0.717) is 18.7 Å². The number of rotatable bonds is 11. The molecule has 2 rings (SSSR count). The summed E-state index contributed by atoms with van der Waals surface area (Å²) in [5, 5.41) is 0. The van der Waals surface area contributed by atoms with E-state index in [1.807, 2.05) is 0 Å². The van der Waals surface area contributed by atoms with Crippen molar-refractivity contribution in [3.8, 4) is 11.5 Å². The zero-order valence-electron chi connectivity index (χ0n) is 19.4. The van der Waals surface area contributed by atoms with Gasteiger partial charge in [-0.2, -0.15) is 0 Å². The van der Waals surface area contributed by atoms with Crippen molar-refractivity contribution in [1.29, 1.82) is 0 Å². The number of nitrogens with one attached hydrogen (secondary N) is 1. The molecule has 0 atom stereocenters. The number of sulfone groups is 1. The number of benzene rings is 2. The Kier molecular flexibility index (Phi) is 8.87. The van der Waals surface area contributed by atoms with Gasteiger partial charge in [0.1, 0.15) is 16.4 Å². The first-order chi connectivity index (χ1) is 15.3. The van der Waals surface area contributed by atoms with Gasteiger partial charge < -0.3 is 14.4 Å². The minimum Gasteiger partial charge on any atom is -0.495 e. The summed E-state index contributed by atoms with van der Waals surface area (Å²) < 4.78 is 61.8. The third kappa shape index (κ3) is 7.44. The number of nitrogens with zero attached hydrogens (tertiary/aromatic N) is 1. The molecule has 0 radical (unpaired) electrons. The van der Waals surface area contributed by atoms with Gasteiger partial charge in [-0.25, -0.2) is 21.6 Å². The van der Waals surface area contributed by atoms with E-state index in [1.54, 1.807) is 33.0 Å². The van der Waals surface area contributed by atoms with Crippen LogP contribution in [0.15, 0.2) is 52.3 Å². The van der Waals surface area contributed by atoms with Crippen molar-refractivity contribution in [1.82, 2.24) is 9.62 Å². The zero-order chi connectivity index (χ0) is 24.8. The number of ether oxygens (including phenoxy) is 2. The molecule has 0 aromatic heterocycles. The summed E-state index contributed by atoms with van der Waals surface area (Å²) in [7, 11) is -4.21. The Hall–Kier alpha value is -2.63. The Morgan fingerprint density at radius 3 is 2.39 bits per heavy atom. The molecule has 0 aliphatic rings. The number of hydrogen-bond acceptors (Lipinski definition) is 7. The third-order valence-electron chi connectivity index (χ3n) is 4.58. The highest BCUT2D eigenvalue weighted by molar-refractivity contribution is 7.90. The van der Waals surface area contributed by atoms with Crippen LogP contribution in [0.4, 0.5) is 0 Å². The highest BCUT2D eigenvalue weighted by Crippen LogP contribution is 2.25. The Labute approximate surface area is 195 Å². The van der Waals surface area contributed by atoms with Crippen LogP contribution in [0, 0.1) is 0 Å².